The second-order valence-electron chi connectivity index (χ2n) is 5.07. The van der Waals surface area contributed by atoms with Crippen LogP contribution in [0.25, 0.3) is 0 Å². The summed E-state index contributed by atoms with van der Waals surface area (Å²) in [6.07, 6.45) is 4.04. The smallest absolute Gasteiger partial charge is 0.119 e. The monoisotopic (exact) mass is 233 g/mol. The summed E-state index contributed by atoms with van der Waals surface area (Å²) < 4.78 is 5.43. The molecule has 2 nitrogen and oxygen atoms in total. The lowest BCUT2D eigenvalue weighted by Crippen LogP contribution is -2.25. The summed E-state index contributed by atoms with van der Waals surface area (Å²) in [4.78, 5) is 0. The number of rotatable bonds is 5. The highest BCUT2D eigenvalue weighted by Crippen LogP contribution is 2.24. The average Bonchev–Trinajstić information content (AvgIpc) is 2.75. The van der Waals surface area contributed by atoms with E-state index < -0.39 is 0 Å². The molecule has 1 aromatic carbocycles. The Morgan fingerprint density at radius 1 is 1.24 bits per heavy atom. The zero-order valence-corrected chi connectivity index (χ0v) is 10.9. The van der Waals surface area contributed by atoms with Crippen molar-refractivity contribution in [3.8, 4) is 5.75 Å². The predicted molar refractivity (Wildman–Crippen MR) is 71.3 cm³/mol. The molecule has 1 aromatic rings. The highest BCUT2D eigenvalue weighted by molar-refractivity contribution is 5.27. The number of nitrogens with one attached hydrogen (secondary N) is 1. The molecule has 2 rings (SSSR count). The van der Waals surface area contributed by atoms with Crippen molar-refractivity contribution in [3.63, 3.8) is 0 Å². The Labute approximate surface area is 104 Å². The minimum atomic E-state index is 0.719. The van der Waals surface area contributed by atoms with Crippen LogP contribution in [0.5, 0.6) is 5.75 Å². The maximum absolute atomic E-state index is 5.43. The molecule has 0 aromatic heterocycles. The first kappa shape index (κ1) is 12.4. The Hall–Kier alpha value is -1.02. The van der Waals surface area contributed by atoms with Gasteiger partial charge < -0.3 is 10.1 Å². The van der Waals surface area contributed by atoms with Crippen LogP contribution < -0.4 is 10.1 Å². The van der Waals surface area contributed by atoms with E-state index in [-0.39, 0.29) is 0 Å². The fourth-order valence-corrected chi connectivity index (χ4v) is 2.52. The predicted octanol–water partition coefficient (Wildman–Crippen LogP) is 3.36. The lowest BCUT2D eigenvalue weighted by atomic mass is 10.1. The highest BCUT2D eigenvalue weighted by atomic mass is 16.5. The van der Waals surface area contributed by atoms with Gasteiger partial charge in [0, 0.05) is 12.6 Å². The molecule has 0 aliphatic heterocycles. The van der Waals surface area contributed by atoms with Crippen molar-refractivity contribution in [1.29, 1.82) is 0 Å². The third-order valence-corrected chi connectivity index (χ3v) is 3.52. The van der Waals surface area contributed by atoms with Gasteiger partial charge in [-0.2, -0.15) is 0 Å². The maximum atomic E-state index is 5.43. The van der Waals surface area contributed by atoms with Crippen molar-refractivity contribution in [2.75, 3.05) is 6.61 Å². The zero-order valence-electron chi connectivity index (χ0n) is 10.9. The van der Waals surface area contributed by atoms with Gasteiger partial charge in [-0.1, -0.05) is 19.1 Å². The quantitative estimate of drug-likeness (QED) is 0.842. The molecule has 1 N–H and O–H groups in total. The van der Waals surface area contributed by atoms with Crippen LogP contribution in [0.15, 0.2) is 24.3 Å². The first-order chi connectivity index (χ1) is 8.28. The van der Waals surface area contributed by atoms with Crippen LogP contribution in [0.3, 0.4) is 0 Å². The standard InChI is InChI=1S/C15H23NO/c1-3-17-15-8-5-13(6-9-15)11-16-14-7-4-12(2)10-14/h5-6,8-9,12,14,16H,3-4,7,10-11H2,1-2H3. The third kappa shape index (κ3) is 3.74. The van der Waals surface area contributed by atoms with Gasteiger partial charge in [-0.3, -0.25) is 0 Å². The van der Waals surface area contributed by atoms with Crippen molar-refractivity contribution in [3.05, 3.63) is 29.8 Å². The van der Waals surface area contributed by atoms with Crippen LogP contribution in [-0.4, -0.2) is 12.6 Å². The molecule has 2 unspecified atom stereocenters. The average molecular weight is 233 g/mol. The first-order valence-corrected chi connectivity index (χ1v) is 6.73. The molecule has 1 aliphatic carbocycles. The third-order valence-electron chi connectivity index (χ3n) is 3.52. The van der Waals surface area contributed by atoms with Gasteiger partial charge in [0.2, 0.25) is 0 Å². The first-order valence-electron chi connectivity index (χ1n) is 6.73. The molecule has 17 heavy (non-hydrogen) atoms. The molecule has 0 amide bonds. The molecule has 0 bridgehead atoms. The van der Waals surface area contributed by atoms with Crippen molar-refractivity contribution in [2.45, 2.75) is 45.7 Å². The van der Waals surface area contributed by atoms with Gasteiger partial charge in [0.25, 0.3) is 0 Å². The van der Waals surface area contributed by atoms with E-state index in [1.807, 2.05) is 6.92 Å². The Morgan fingerprint density at radius 3 is 2.59 bits per heavy atom. The summed E-state index contributed by atoms with van der Waals surface area (Å²) >= 11 is 0. The normalized spacial score (nSPS) is 23.9. The summed E-state index contributed by atoms with van der Waals surface area (Å²) in [5.41, 5.74) is 1.34. The summed E-state index contributed by atoms with van der Waals surface area (Å²) in [6.45, 7) is 6.07. The topological polar surface area (TPSA) is 21.3 Å². The minimum Gasteiger partial charge on any atom is -0.494 e. The Kier molecular flexibility index (Phi) is 4.43. The fraction of sp³-hybridized carbons (Fsp3) is 0.600. The molecule has 1 fully saturated rings. The lowest BCUT2D eigenvalue weighted by molar-refractivity contribution is 0.340. The second-order valence-corrected chi connectivity index (χ2v) is 5.07. The SMILES string of the molecule is CCOc1ccc(CNC2CCC(C)C2)cc1. The fourth-order valence-electron chi connectivity index (χ4n) is 2.52. The molecule has 0 radical (unpaired) electrons. The minimum absolute atomic E-state index is 0.719. The summed E-state index contributed by atoms with van der Waals surface area (Å²) in [5, 5.41) is 3.64. The van der Waals surface area contributed by atoms with Crippen LogP contribution in [0.1, 0.15) is 38.7 Å². The van der Waals surface area contributed by atoms with Gasteiger partial charge in [0.15, 0.2) is 0 Å². The zero-order chi connectivity index (χ0) is 12.1. The van der Waals surface area contributed by atoms with E-state index in [2.05, 4.69) is 36.5 Å². The molecule has 2 atom stereocenters. The van der Waals surface area contributed by atoms with Crippen molar-refractivity contribution >= 4 is 0 Å². The van der Waals surface area contributed by atoms with E-state index in [9.17, 15) is 0 Å². The van der Waals surface area contributed by atoms with Gasteiger partial charge in [0.1, 0.15) is 5.75 Å². The van der Waals surface area contributed by atoms with E-state index in [0.717, 1.165) is 30.9 Å². The molecule has 1 aliphatic rings. The Morgan fingerprint density at radius 2 is 2.00 bits per heavy atom. The highest BCUT2D eigenvalue weighted by Gasteiger charge is 2.20. The molecule has 0 saturated heterocycles. The van der Waals surface area contributed by atoms with Crippen LogP contribution >= 0.6 is 0 Å². The number of hydrogen-bond donors (Lipinski definition) is 1. The van der Waals surface area contributed by atoms with Crippen molar-refractivity contribution in [1.82, 2.24) is 5.32 Å². The van der Waals surface area contributed by atoms with Crippen molar-refractivity contribution in [2.24, 2.45) is 5.92 Å². The van der Waals surface area contributed by atoms with E-state index in [4.69, 9.17) is 4.74 Å². The molecule has 0 heterocycles. The summed E-state index contributed by atoms with van der Waals surface area (Å²) in [7, 11) is 0. The van der Waals surface area contributed by atoms with E-state index in [0.29, 0.717) is 0 Å². The lowest BCUT2D eigenvalue weighted by Gasteiger charge is -2.12. The van der Waals surface area contributed by atoms with Crippen molar-refractivity contribution < 1.29 is 4.74 Å². The molecular weight excluding hydrogens is 210 g/mol. The van der Waals surface area contributed by atoms with Crippen LogP contribution in [0, 0.1) is 5.92 Å². The molecule has 94 valence electrons. The maximum Gasteiger partial charge on any atom is 0.119 e. The Balaban J connectivity index is 1.78. The number of hydrogen-bond acceptors (Lipinski definition) is 2. The van der Waals surface area contributed by atoms with Crippen LogP contribution in [-0.2, 0) is 6.54 Å². The number of ether oxygens (including phenoxy) is 1. The molecule has 1 saturated carbocycles. The van der Waals surface area contributed by atoms with Gasteiger partial charge in [0.05, 0.1) is 6.61 Å². The summed E-state index contributed by atoms with van der Waals surface area (Å²) in [6, 6.07) is 9.12. The van der Waals surface area contributed by atoms with Gasteiger partial charge in [-0.25, -0.2) is 0 Å². The second kappa shape index (κ2) is 6.06. The molecular formula is C15H23NO. The van der Waals surface area contributed by atoms with E-state index >= 15 is 0 Å². The molecule has 2 heteroatoms. The van der Waals surface area contributed by atoms with Gasteiger partial charge in [-0.05, 0) is 49.8 Å². The van der Waals surface area contributed by atoms with Crippen LogP contribution in [0.2, 0.25) is 0 Å². The van der Waals surface area contributed by atoms with E-state index in [1.54, 1.807) is 0 Å². The number of benzene rings is 1. The largest absolute Gasteiger partial charge is 0.494 e. The molecule has 0 spiro atoms. The van der Waals surface area contributed by atoms with Gasteiger partial charge >= 0.3 is 0 Å². The van der Waals surface area contributed by atoms with E-state index in [1.165, 1.54) is 24.8 Å². The Bertz CT molecular complexity index is 333. The summed E-state index contributed by atoms with van der Waals surface area (Å²) in [5.74, 6) is 1.86. The van der Waals surface area contributed by atoms with Crippen LogP contribution in [0.4, 0.5) is 0 Å². The van der Waals surface area contributed by atoms with Gasteiger partial charge in [-0.15, -0.1) is 0 Å².